The van der Waals surface area contributed by atoms with Gasteiger partial charge in [-0.05, 0) is 32.0 Å². The minimum atomic E-state index is -2.03. The minimum Gasteiger partial charge on any atom is -0.465 e. The molecule has 0 aliphatic carbocycles. The summed E-state index contributed by atoms with van der Waals surface area (Å²) in [6, 6.07) is 9.35. The zero-order valence-corrected chi connectivity index (χ0v) is 23.8. The van der Waals surface area contributed by atoms with Crippen molar-refractivity contribution in [2.75, 3.05) is 11.9 Å². The number of amides is 1. The van der Waals surface area contributed by atoms with Gasteiger partial charge in [0.1, 0.15) is 18.3 Å². The molecule has 0 bridgehead atoms. The van der Waals surface area contributed by atoms with Gasteiger partial charge in [0.2, 0.25) is 0 Å². The van der Waals surface area contributed by atoms with Gasteiger partial charge in [0.15, 0.2) is 43.1 Å². The Labute approximate surface area is 222 Å². The van der Waals surface area contributed by atoms with E-state index in [-0.39, 0.29) is 23.1 Å². The second-order valence-corrected chi connectivity index (χ2v) is 16.5. The van der Waals surface area contributed by atoms with E-state index >= 15 is 0 Å². The highest BCUT2D eigenvalue weighted by Gasteiger charge is 2.56. The van der Waals surface area contributed by atoms with E-state index in [2.05, 4.69) is 49.1 Å². The summed E-state index contributed by atoms with van der Waals surface area (Å²) in [6.45, 7) is 15.1. The molecule has 2 N–H and O–H groups in total. The number of ether oxygens (including phenoxy) is 3. The highest BCUT2D eigenvalue weighted by molar-refractivity contribution is 6.74. The molecule has 0 saturated carbocycles. The maximum Gasteiger partial charge on any atom is 0.410 e. The van der Waals surface area contributed by atoms with Crippen LogP contribution in [0, 0.1) is 0 Å². The van der Waals surface area contributed by atoms with Crippen LogP contribution in [0.1, 0.15) is 40.8 Å². The highest BCUT2D eigenvalue weighted by atomic mass is 28.4. The van der Waals surface area contributed by atoms with Crippen molar-refractivity contribution in [3.63, 3.8) is 0 Å². The smallest absolute Gasteiger partial charge is 0.410 e. The zero-order chi connectivity index (χ0) is 27.5. The molecule has 38 heavy (non-hydrogen) atoms. The second kappa shape index (κ2) is 9.38. The summed E-state index contributed by atoms with van der Waals surface area (Å²) in [5.41, 5.74) is 1.47. The van der Waals surface area contributed by atoms with Gasteiger partial charge in [0, 0.05) is 5.56 Å². The Bertz CT molecular complexity index is 1340. The predicted octanol–water partition coefficient (Wildman–Crippen LogP) is 5.02. The average Bonchev–Trinajstić information content (AvgIpc) is 3.48. The number of nitrogens with zero attached hydrogens (tertiary/aromatic N) is 4. The van der Waals surface area contributed by atoms with Gasteiger partial charge in [-0.1, -0.05) is 51.1 Å². The third kappa shape index (κ3) is 4.94. The van der Waals surface area contributed by atoms with Gasteiger partial charge in [-0.25, -0.2) is 19.7 Å². The third-order valence-electron chi connectivity index (χ3n) is 7.49. The molecule has 2 saturated heterocycles. The summed E-state index contributed by atoms with van der Waals surface area (Å²) in [6.07, 6.45) is -1.45. The number of anilines is 1. The van der Waals surface area contributed by atoms with Crippen LogP contribution in [0.15, 0.2) is 36.7 Å². The highest BCUT2D eigenvalue weighted by Crippen LogP contribution is 2.45. The lowest BCUT2D eigenvalue weighted by Crippen LogP contribution is -2.44. The van der Waals surface area contributed by atoms with Gasteiger partial charge in [-0.15, -0.1) is 0 Å². The lowest BCUT2D eigenvalue weighted by atomic mass is 10.1. The molecule has 2 aromatic heterocycles. The molecule has 11 nitrogen and oxygen atoms in total. The van der Waals surface area contributed by atoms with Crippen LogP contribution >= 0.6 is 0 Å². The monoisotopic (exact) mass is 541 g/mol. The fraction of sp³-hybridized carbons (Fsp3) is 0.538. The number of aromatic nitrogens is 4. The first-order valence-electron chi connectivity index (χ1n) is 12.7. The van der Waals surface area contributed by atoms with E-state index < -0.39 is 32.5 Å². The number of hydrogen-bond donors (Lipinski definition) is 2. The Morgan fingerprint density at radius 2 is 1.84 bits per heavy atom. The van der Waals surface area contributed by atoms with Crippen molar-refractivity contribution in [1.29, 1.82) is 0 Å². The Kier molecular flexibility index (Phi) is 6.59. The van der Waals surface area contributed by atoms with Gasteiger partial charge in [-0.2, -0.15) is 0 Å². The molecule has 4 heterocycles. The van der Waals surface area contributed by atoms with E-state index in [1.165, 1.54) is 0 Å². The van der Waals surface area contributed by atoms with Crippen LogP contribution in [0.4, 0.5) is 10.6 Å². The first-order chi connectivity index (χ1) is 17.8. The molecule has 0 spiro atoms. The molecule has 0 unspecified atom stereocenters. The molecule has 5 rings (SSSR count). The van der Waals surface area contributed by atoms with Crippen LogP contribution in [0.5, 0.6) is 0 Å². The zero-order valence-electron chi connectivity index (χ0n) is 22.8. The van der Waals surface area contributed by atoms with E-state index in [1.807, 2.05) is 44.2 Å². The normalized spacial score (nSPS) is 25.0. The first kappa shape index (κ1) is 26.7. The van der Waals surface area contributed by atoms with E-state index in [9.17, 15) is 9.90 Å². The largest absolute Gasteiger partial charge is 0.465 e. The Hall–Kier alpha value is -2.90. The minimum absolute atomic E-state index is 0.0512. The van der Waals surface area contributed by atoms with E-state index in [0.717, 1.165) is 5.56 Å². The molecule has 0 radical (unpaired) electrons. The van der Waals surface area contributed by atoms with Gasteiger partial charge < -0.3 is 23.7 Å². The molecular weight excluding hydrogens is 506 g/mol. The van der Waals surface area contributed by atoms with Gasteiger partial charge in [-0.3, -0.25) is 9.88 Å². The van der Waals surface area contributed by atoms with Crippen molar-refractivity contribution in [3.05, 3.63) is 36.7 Å². The average molecular weight is 542 g/mol. The van der Waals surface area contributed by atoms with Crippen molar-refractivity contribution >= 4 is 31.4 Å². The maximum absolute atomic E-state index is 11.5. The molecular formula is C26H35N5O6Si. The number of rotatable bonds is 6. The third-order valence-corrected chi connectivity index (χ3v) is 12.0. The number of benzene rings is 1. The van der Waals surface area contributed by atoms with Crippen molar-refractivity contribution in [2.24, 2.45) is 0 Å². The summed E-state index contributed by atoms with van der Waals surface area (Å²) >= 11 is 0. The van der Waals surface area contributed by atoms with Crippen LogP contribution in [0.2, 0.25) is 18.1 Å². The predicted molar refractivity (Wildman–Crippen MR) is 143 cm³/mol. The van der Waals surface area contributed by atoms with E-state index in [1.54, 1.807) is 10.9 Å². The fourth-order valence-electron chi connectivity index (χ4n) is 4.53. The second-order valence-electron chi connectivity index (χ2n) is 11.7. The van der Waals surface area contributed by atoms with Crippen LogP contribution < -0.4 is 5.32 Å². The Morgan fingerprint density at radius 1 is 1.16 bits per heavy atom. The molecule has 3 aromatic rings. The van der Waals surface area contributed by atoms with Crippen molar-refractivity contribution in [1.82, 2.24) is 19.5 Å². The number of hydrogen-bond acceptors (Lipinski definition) is 8. The summed E-state index contributed by atoms with van der Waals surface area (Å²) in [4.78, 5) is 25.2. The lowest BCUT2D eigenvalue weighted by molar-refractivity contribution is -0.199. The van der Waals surface area contributed by atoms with Crippen molar-refractivity contribution in [2.45, 2.75) is 83.1 Å². The number of carboxylic acid groups (broad SMARTS) is 1. The maximum atomic E-state index is 11.5. The van der Waals surface area contributed by atoms with Crippen LogP contribution in [0.25, 0.3) is 22.6 Å². The molecule has 204 valence electrons. The van der Waals surface area contributed by atoms with Gasteiger partial charge in [0.05, 0.1) is 12.9 Å². The standard InChI is InChI=1S/C26H35N5O6Si/c1-25(2,3)38(6,7)34-13-16-18-19(37-26(4,5)36-18)23(35-16)31-14-27-17-21(30-24(32)33)28-20(29-22(17)31)15-11-9-8-10-12-15/h8-12,14,16,18-19,23H,13H2,1-7H3,(H,32,33)(H,28,29,30)/t16-,18-,19-,23-/m1/s1. The quantitative estimate of drug-likeness (QED) is 0.413. The van der Waals surface area contributed by atoms with Crippen LogP contribution in [-0.2, 0) is 18.6 Å². The SMILES string of the molecule is CC1(C)O[C@@H]2[C@H](O1)[C@@H](CO[Si](C)(C)C(C)(C)C)O[C@H]2n1cnc2c(NC(=O)O)nc(-c3ccccc3)nc21. The van der Waals surface area contributed by atoms with Crippen LogP contribution in [0.3, 0.4) is 0 Å². The number of nitrogens with one attached hydrogen (secondary N) is 1. The topological polar surface area (TPSA) is 130 Å². The summed E-state index contributed by atoms with van der Waals surface area (Å²) in [5, 5.41) is 11.8. The number of fused-ring (bicyclic) bond motifs is 2. The summed E-state index contributed by atoms with van der Waals surface area (Å²) < 4.78 is 27.4. The summed E-state index contributed by atoms with van der Waals surface area (Å²) in [7, 11) is -2.03. The molecule has 4 atom stereocenters. The van der Waals surface area contributed by atoms with Crippen molar-refractivity contribution < 1.29 is 28.5 Å². The summed E-state index contributed by atoms with van der Waals surface area (Å²) in [5.74, 6) is -0.348. The molecule has 1 amide bonds. The van der Waals surface area contributed by atoms with E-state index in [0.29, 0.717) is 23.6 Å². The lowest BCUT2D eigenvalue weighted by Gasteiger charge is -2.37. The molecule has 12 heteroatoms. The number of imidazole rings is 1. The molecule has 1 aromatic carbocycles. The van der Waals surface area contributed by atoms with Gasteiger partial charge in [0.25, 0.3) is 0 Å². The Balaban J connectivity index is 1.53. The van der Waals surface area contributed by atoms with E-state index in [4.69, 9.17) is 23.6 Å². The fourth-order valence-corrected chi connectivity index (χ4v) is 5.55. The van der Waals surface area contributed by atoms with Gasteiger partial charge >= 0.3 is 6.09 Å². The van der Waals surface area contributed by atoms with Crippen LogP contribution in [-0.4, -0.2) is 69.7 Å². The van der Waals surface area contributed by atoms with Crippen molar-refractivity contribution in [3.8, 4) is 11.4 Å². The Morgan fingerprint density at radius 3 is 2.50 bits per heavy atom. The first-order valence-corrected chi connectivity index (χ1v) is 15.6. The number of carbonyl (C=O) groups is 1. The molecule has 2 aliphatic heterocycles. The molecule has 2 fully saturated rings. The molecule has 2 aliphatic rings.